The lowest BCUT2D eigenvalue weighted by atomic mass is 10.1. The van der Waals surface area contributed by atoms with Crippen molar-refractivity contribution in [3.63, 3.8) is 0 Å². The summed E-state index contributed by atoms with van der Waals surface area (Å²) in [5.74, 6) is -0.429. The van der Waals surface area contributed by atoms with Crippen LogP contribution in [0.3, 0.4) is 0 Å². The van der Waals surface area contributed by atoms with Gasteiger partial charge >= 0.3 is 11.9 Å². The third-order valence-corrected chi connectivity index (χ3v) is 5.15. The summed E-state index contributed by atoms with van der Waals surface area (Å²) in [6, 6.07) is 10.2. The topological polar surface area (TPSA) is 74.0 Å². The van der Waals surface area contributed by atoms with E-state index in [1.165, 1.54) is 25.5 Å². The van der Waals surface area contributed by atoms with E-state index in [1.54, 1.807) is 12.1 Å². The summed E-state index contributed by atoms with van der Waals surface area (Å²) < 4.78 is 49.6. The monoisotopic (exact) mass is 498 g/mol. The number of methoxy groups -OCH3 is 1. The summed E-state index contributed by atoms with van der Waals surface area (Å²) in [6.07, 6.45) is -3.25. The third-order valence-electron chi connectivity index (χ3n) is 4.46. The van der Waals surface area contributed by atoms with Crippen molar-refractivity contribution in [3.8, 4) is 17.2 Å². The van der Waals surface area contributed by atoms with E-state index in [1.807, 2.05) is 13.0 Å². The van der Waals surface area contributed by atoms with Crippen LogP contribution >= 0.6 is 23.2 Å². The first-order valence-electron chi connectivity index (χ1n) is 9.21. The molecule has 6 nitrogen and oxygen atoms in total. The van der Waals surface area contributed by atoms with Gasteiger partial charge in [0.2, 0.25) is 5.75 Å². The molecule has 0 bridgehead atoms. The Balaban J connectivity index is 1.96. The molecule has 0 fully saturated rings. The second-order valence-corrected chi connectivity index (χ2v) is 7.58. The van der Waals surface area contributed by atoms with Gasteiger partial charge in [-0.2, -0.15) is 13.2 Å². The largest absolute Gasteiger partial charge is 0.493 e. The number of halogens is 5. The summed E-state index contributed by atoms with van der Waals surface area (Å²) in [5.41, 5.74) is -0.0318. The van der Waals surface area contributed by atoms with Crippen LogP contribution in [-0.4, -0.2) is 18.2 Å². The van der Waals surface area contributed by atoms with Gasteiger partial charge in [0, 0.05) is 17.3 Å². The van der Waals surface area contributed by atoms with Gasteiger partial charge in [-0.15, -0.1) is 0 Å². The van der Waals surface area contributed by atoms with Crippen LogP contribution in [0.25, 0.3) is 0 Å². The molecule has 0 heterocycles. The molecule has 0 aliphatic rings. The first-order valence-corrected chi connectivity index (χ1v) is 9.96. The maximum absolute atomic E-state index is 12.9. The van der Waals surface area contributed by atoms with Gasteiger partial charge in [0.05, 0.1) is 28.3 Å². The van der Waals surface area contributed by atoms with Crippen LogP contribution < -0.4 is 9.47 Å². The lowest BCUT2D eigenvalue weighted by Gasteiger charge is -2.14. The molecule has 3 aromatic rings. The van der Waals surface area contributed by atoms with Crippen LogP contribution in [0, 0.1) is 17.0 Å². The molecule has 3 rings (SSSR count). The highest BCUT2D eigenvalue weighted by Gasteiger charge is 2.33. The lowest BCUT2D eigenvalue weighted by molar-refractivity contribution is -0.385. The minimum atomic E-state index is -4.75. The summed E-state index contributed by atoms with van der Waals surface area (Å²) in [6.45, 7) is 1.86. The number of alkyl halides is 3. The summed E-state index contributed by atoms with van der Waals surface area (Å²) in [4.78, 5) is 14.7. The highest BCUT2D eigenvalue weighted by atomic mass is 35.5. The minimum Gasteiger partial charge on any atom is -0.493 e. The Kier molecular flexibility index (Phi) is 7.14. The first kappa shape index (κ1) is 24.3. The van der Waals surface area contributed by atoms with E-state index in [-0.39, 0.29) is 16.5 Å². The van der Waals surface area contributed by atoms with Gasteiger partial charge in [0.25, 0.3) is 0 Å². The van der Waals surface area contributed by atoms with Gasteiger partial charge in [-0.05, 0) is 54.4 Å². The number of nitro groups is 1. The number of ether oxygens (including phenoxy) is 2. The van der Waals surface area contributed by atoms with E-state index >= 15 is 0 Å². The number of nitro benzene ring substituents is 1. The fourth-order valence-electron chi connectivity index (χ4n) is 2.76. The van der Waals surface area contributed by atoms with Crippen molar-refractivity contribution in [2.45, 2.75) is 13.1 Å². The molecule has 0 saturated carbocycles. The number of nitrogens with zero attached hydrogens (tertiary/aromatic N) is 2. The van der Waals surface area contributed by atoms with Crippen LogP contribution in [-0.2, 0) is 6.18 Å². The molecule has 0 aromatic heterocycles. The molecule has 0 amide bonds. The Hall–Kier alpha value is -3.30. The average molecular weight is 499 g/mol. The second-order valence-electron chi connectivity index (χ2n) is 6.77. The minimum absolute atomic E-state index is 0.00642. The fraction of sp³-hybridized carbons (Fsp3) is 0.136. The summed E-state index contributed by atoms with van der Waals surface area (Å²) in [7, 11) is 1.32. The quantitative estimate of drug-likeness (QED) is 0.197. The molecule has 0 aliphatic carbocycles. The Labute approximate surface area is 196 Å². The van der Waals surface area contributed by atoms with Crippen molar-refractivity contribution in [3.05, 3.63) is 85.4 Å². The Morgan fingerprint density at radius 3 is 2.36 bits per heavy atom. The van der Waals surface area contributed by atoms with Crippen LogP contribution in [0.2, 0.25) is 10.0 Å². The zero-order valence-electron chi connectivity index (χ0n) is 17.1. The number of benzene rings is 3. The highest BCUT2D eigenvalue weighted by molar-refractivity contribution is 6.32. The number of hydrogen-bond donors (Lipinski definition) is 0. The number of rotatable bonds is 6. The first-order chi connectivity index (χ1) is 15.5. The molecule has 0 spiro atoms. The van der Waals surface area contributed by atoms with E-state index in [0.29, 0.717) is 28.4 Å². The molecule has 0 saturated heterocycles. The van der Waals surface area contributed by atoms with Crippen molar-refractivity contribution in [1.29, 1.82) is 0 Å². The number of aryl methyl sites for hydroxylation is 1. The van der Waals surface area contributed by atoms with Crippen molar-refractivity contribution < 1.29 is 27.6 Å². The molecule has 0 N–H and O–H groups in total. The van der Waals surface area contributed by atoms with E-state index in [0.717, 1.165) is 11.6 Å². The normalized spacial score (nSPS) is 11.6. The molecular formula is C22H15Cl2F3N2O4. The predicted octanol–water partition coefficient (Wildman–Crippen LogP) is 7.78. The Bertz CT molecular complexity index is 1250. The van der Waals surface area contributed by atoms with Gasteiger partial charge < -0.3 is 9.47 Å². The van der Waals surface area contributed by atoms with Crippen LogP contribution in [0.4, 0.5) is 24.5 Å². The van der Waals surface area contributed by atoms with Crippen molar-refractivity contribution in [1.82, 2.24) is 0 Å². The smallest absolute Gasteiger partial charge is 0.416 e. The van der Waals surface area contributed by atoms with Gasteiger partial charge in [-0.3, -0.25) is 15.1 Å². The third kappa shape index (κ3) is 5.74. The Morgan fingerprint density at radius 2 is 1.76 bits per heavy atom. The lowest BCUT2D eigenvalue weighted by Crippen LogP contribution is -2.06. The molecule has 172 valence electrons. The highest BCUT2D eigenvalue weighted by Crippen LogP contribution is 2.43. The average Bonchev–Trinajstić information content (AvgIpc) is 2.75. The molecule has 0 aliphatic heterocycles. The van der Waals surface area contributed by atoms with Crippen molar-refractivity contribution in [2.24, 2.45) is 4.99 Å². The Morgan fingerprint density at radius 1 is 1.03 bits per heavy atom. The van der Waals surface area contributed by atoms with Crippen LogP contribution in [0.15, 0.2) is 53.5 Å². The molecule has 0 atom stereocenters. The van der Waals surface area contributed by atoms with Gasteiger partial charge in [-0.25, -0.2) is 0 Å². The van der Waals surface area contributed by atoms with Gasteiger partial charge in [-0.1, -0.05) is 29.3 Å². The fourth-order valence-corrected chi connectivity index (χ4v) is 3.19. The van der Waals surface area contributed by atoms with E-state index in [9.17, 15) is 23.3 Å². The van der Waals surface area contributed by atoms with Gasteiger partial charge in [0.1, 0.15) is 0 Å². The van der Waals surface area contributed by atoms with Crippen LogP contribution in [0.5, 0.6) is 17.2 Å². The molecule has 0 unspecified atom stereocenters. The van der Waals surface area contributed by atoms with Crippen molar-refractivity contribution in [2.75, 3.05) is 7.11 Å². The number of aliphatic imine (C=N–C) groups is 1. The summed E-state index contributed by atoms with van der Waals surface area (Å²) in [5, 5.41) is 11.9. The van der Waals surface area contributed by atoms with Gasteiger partial charge in [0.15, 0.2) is 11.5 Å². The molecule has 0 radical (unpaired) electrons. The molecular weight excluding hydrogens is 484 g/mol. The maximum Gasteiger partial charge on any atom is 0.416 e. The summed E-state index contributed by atoms with van der Waals surface area (Å²) >= 11 is 12.4. The second kappa shape index (κ2) is 9.68. The molecule has 3 aromatic carbocycles. The zero-order valence-corrected chi connectivity index (χ0v) is 18.6. The standard InChI is InChI=1S/C22H15Cl2F3N2O4/c1-12-3-5-15(10-16(12)23)28-11-13-7-17(24)21(20(8-13)32-2)33-19-6-4-14(22(25,26)27)9-18(19)29(30)31/h3-11H,1-2H3. The van der Waals surface area contributed by atoms with Crippen LogP contribution in [0.1, 0.15) is 16.7 Å². The zero-order chi connectivity index (χ0) is 24.3. The van der Waals surface area contributed by atoms with E-state index in [2.05, 4.69) is 4.99 Å². The van der Waals surface area contributed by atoms with E-state index in [4.69, 9.17) is 32.7 Å². The SMILES string of the molecule is COc1cc(C=Nc2ccc(C)c(Cl)c2)cc(Cl)c1Oc1ccc(C(F)(F)F)cc1[N+](=O)[O-]. The number of hydrogen-bond acceptors (Lipinski definition) is 5. The van der Waals surface area contributed by atoms with Crippen molar-refractivity contribution >= 4 is 40.8 Å². The molecule has 11 heteroatoms. The maximum atomic E-state index is 12.9. The predicted molar refractivity (Wildman–Crippen MR) is 120 cm³/mol. The van der Waals surface area contributed by atoms with E-state index < -0.39 is 28.1 Å². The molecule has 33 heavy (non-hydrogen) atoms.